The van der Waals surface area contributed by atoms with Crippen LogP contribution < -0.4 is 5.32 Å². The Morgan fingerprint density at radius 2 is 1.75 bits per heavy atom. The molecule has 0 saturated carbocycles. The van der Waals surface area contributed by atoms with Gasteiger partial charge in [-0.2, -0.15) is 0 Å². The Bertz CT molecular complexity index is 1010. The van der Waals surface area contributed by atoms with Gasteiger partial charge in [0.25, 0.3) is 5.91 Å². The number of nitrogens with zero attached hydrogens (tertiary/aromatic N) is 2. The van der Waals surface area contributed by atoms with Crippen molar-refractivity contribution in [1.29, 1.82) is 0 Å². The summed E-state index contributed by atoms with van der Waals surface area (Å²) in [5.74, 6) is -0.151. The second-order valence-corrected chi connectivity index (χ2v) is 6.11. The number of nitrogens with one attached hydrogen (secondary N) is 1. The predicted molar refractivity (Wildman–Crippen MR) is 97.2 cm³/mol. The van der Waals surface area contributed by atoms with Crippen LogP contribution in [0.3, 0.4) is 0 Å². The van der Waals surface area contributed by atoms with E-state index < -0.39 is 0 Å². The van der Waals surface area contributed by atoms with Crippen LogP contribution in [0.2, 0.25) is 0 Å². The van der Waals surface area contributed by atoms with Crippen molar-refractivity contribution in [3.8, 4) is 11.3 Å². The number of pyridine rings is 1. The number of rotatable bonds is 3. The first kappa shape index (κ1) is 14.5. The van der Waals surface area contributed by atoms with Crippen molar-refractivity contribution in [3.05, 3.63) is 77.9 Å². The molecule has 2 aromatic heterocycles. The second-order valence-electron chi connectivity index (χ2n) is 5.25. The maximum atomic E-state index is 12.6. The maximum Gasteiger partial charge on any atom is 0.258 e. The average Bonchev–Trinajstić information content (AvgIpc) is 3.10. The second kappa shape index (κ2) is 6.22. The largest absolute Gasteiger partial charge is 0.298 e. The lowest BCUT2D eigenvalue weighted by atomic mass is 10.0. The Morgan fingerprint density at radius 1 is 0.958 bits per heavy atom. The molecule has 0 fully saturated rings. The van der Waals surface area contributed by atoms with Gasteiger partial charge >= 0.3 is 0 Å². The highest BCUT2D eigenvalue weighted by Gasteiger charge is 2.12. The smallest absolute Gasteiger partial charge is 0.258 e. The third-order valence-corrected chi connectivity index (χ3v) is 4.49. The van der Waals surface area contributed by atoms with Crippen LogP contribution in [0.5, 0.6) is 0 Å². The molecule has 0 saturated heterocycles. The number of hydrogen-bond acceptors (Lipinski definition) is 4. The molecule has 0 spiro atoms. The lowest BCUT2D eigenvalue weighted by molar-refractivity contribution is 0.102. The Labute approximate surface area is 142 Å². The molecule has 0 aliphatic rings. The van der Waals surface area contributed by atoms with E-state index in [1.165, 1.54) is 11.3 Å². The summed E-state index contributed by atoms with van der Waals surface area (Å²) in [6.07, 6.45) is 3.45. The SMILES string of the molecule is O=C(Nc1nc(-c2ccncc2)cs1)c1cccc2ccccc12. The van der Waals surface area contributed by atoms with Gasteiger partial charge in [-0.05, 0) is 29.0 Å². The molecule has 1 amide bonds. The van der Waals surface area contributed by atoms with Gasteiger partial charge in [0.2, 0.25) is 0 Å². The van der Waals surface area contributed by atoms with E-state index >= 15 is 0 Å². The number of anilines is 1. The molecule has 4 nitrogen and oxygen atoms in total. The molecule has 1 N–H and O–H groups in total. The van der Waals surface area contributed by atoms with Crippen LogP contribution >= 0.6 is 11.3 Å². The molecular weight excluding hydrogens is 318 g/mol. The first-order valence-electron chi connectivity index (χ1n) is 7.46. The summed E-state index contributed by atoms with van der Waals surface area (Å²) in [7, 11) is 0. The lowest BCUT2D eigenvalue weighted by Gasteiger charge is -2.06. The highest BCUT2D eigenvalue weighted by atomic mass is 32.1. The van der Waals surface area contributed by atoms with Crippen LogP contribution in [0, 0.1) is 0 Å². The Kier molecular flexibility index (Phi) is 3.76. The van der Waals surface area contributed by atoms with Crippen molar-refractivity contribution in [1.82, 2.24) is 9.97 Å². The zero-order chi connectivity index (χ0) is 16.4. The van der Waals surface area contributed by atoms with Crippen molar-refractivity contribution in [2.24, 2.45) is 0 Å². The standard InChI is InChI=1S/C19H13N3OS/c23-18(16-7-3-5-13-4-1-2-6-15(13)16)22-19-21-17(12-24-19)14-8-10-20-11-9-14/h1-12H,(H,21,22,23). The van der Waals surface area contributed by atoms with Crippen molar-refractivity contribution in [3.63, 3.8) is 0 Å². The van der Waals surface area contributed by atoms with Crippen LogP contribution in [-0.4, -0.2) is 15.9 Å². The molecule has 4 aromatic rings. The minimum Gasteiger partial charge on any atom is -0.298 e. The summed E-state index contributed by atoms with van der Waals surface area (Å²) in [5.41, 5.74) is 2.45. The minimum absolute atomic E-state index is 0.151. The summed E-state index contributed by atoms with van der Waals surface area (Å²) in [5, 5.41) is 7.38. The monoisotopic (exact) mass is 331 g/mol. The summed E-state index contributed by atoms with van der Waals surface area (Å²) >= 11 is 1.41. The molecule has 0 aliphatic heterocycles. The highest BCUT2D eigenvalue weighted by Crippen LogP contribution is 2.25. The normalized spacial score (nSPS) is 10.7. The van der Waals surface area contributed by atoms with E-state index in [2.05, 4.69) is 15.3 Å². The van der Waals surface area contributed by atoms with Crippen molar-refractivity contribution >= 4 is 33.1 Å². The number of amides is 1. The summed E-state index contributed by atoms with van der Waals surface area (Å²) in [6, 6.07) is 17.4. The van der Waals surface area contributed by atoms with E-state index in [9.17, 15) is 4.79 Å². The molecule has 0 atom stereocenters. The van der Waals surface area contributed by atoms with Gasteiger partial charge in [-0.15, -0.1) is 11.3 Å². The van der Waals surface area contributed by atoms with E-state index in [1.54, 1.807) is 12.4 Å². The van der Waals surface area contributed by atoms with E-state index in [-0.39, 0.29) is 5.91 Å². The zero-order valence-electron chi connectivity index (χ0n) is 12.6. The van der Waals surface area contributed by atoms with Crippen molar-refractivity contribution in [2.45, 2.75) is 0 Å². The number of carbonyl (C=O) groups is 1. The number of hydrogen-bond donors (Lipinski definition) is 1. The molecular formula is C19H13N3OS. The fourth-order valence-electron chi connectivity index (χ4n) is 2.57. The molecule has 116 valence electrons. The van der Waals surface area contributed by atoms with Gasteiger partial charge in [-0.25, -0.2) is 4.98 Å². The molecule has 0 radical (unpaired) electrons. The van der Waals surface area contributed by atoms with Gasteiger partial charge in [0, 0.05) is 28.9 Å². The summed E-state index contributed by atoms with van der Waals surface area (Å²) < 4.78 is 0. The van der Waals surface area contributed by atoms with Gasteiger partial charge in [-0.1, -0.05) is 36.4 Å². The Morgan fingerprint density at radius 3 is 2.62 bits per heavy atom. The molecule has 0 unspecified atom stereocenters. The van der Waals surface area contributed by atoms with Gasteiger partial charge in [0.1, 0.15) is 0 Å². The van der Waals surface area contributed by atoms with E-state index in [4.69, 9.17) is 0 Å². The summed E-state index contributed by atoms with van der Waals surface area (Å²) in [4.78, 5) is 21.1. The highest BCUT2D eigenvalue weighted by molar-refractivity contribution is 7.14. The predicted octanol–water partition coefficient (Wildman–Crippen LogP) is 4.61. The number of benzene rings is 2. The number of fused-ring (bicyclic) bond motifs is 1. The molecule has 24 heavy (non-hydrogen) atoms. The molecule has 2 aromatic carbocycles. The van der Waals surface area contributed by atoms with E-state index in [1.807, 2.05) is 60.0 Å². The van der Waals surface area contributed by atoms with E-state index in [0.29, 0.717) is 10.7 Å². The third kappa shape index (κ3) is 2.77. The Hall–Kier alpha value is -3.05. The fourth-order valence-corrected chi connectivity index (χ4v) is 3.29. The fraction of sp³-hybridized carbons (Fsp3) is 0. The first-order chi connectivity index (χ1) is 11.8. The average molecular weight is 331 g/mol. The lowest BCUT2D eigenvalue weighted by Crippen LogP contribution is -2.12. The number of aromatic nitrogens is 2. The van der Waals surface area contributed by atoms with Crippen LogP contribution in [0.1, 0.15) is 10.4 Å². The molecule has 4 rings (SSSR count). The molecule has 2 heterocycles. The minimum atomic E-state index is -0.151. The quantitative estimate of drug-likeness (QED) is 0.596. The number of thiazole rings is 1. The van der Waals surface area contributed by atoms with Crippen LogP contribution in [-0.2, 0) is 0 Å². The first-order valence-corrected chi connectivity index (χ1v) is 8.34. The van der Waals surface area contributed by atoms with Crippen LogP contribution in [0.25, 0.3) is 22.0 Å². The van der Waals surface area contributed by atoms with Crippen molar-refractivity contribution in [2.75, 3.05) is 5.32 Å². The summed E-state index contributed by atoms with van der Waals surface area (Å²) in [6.45, 7) is 0. The van der Waals surface area contributed by atoms with Gasteiger partial charge in [-0.3, -0.25) is 15.1 Å². The van der Waals surface area contributed by atoms with Crippen molar-refractivity contribution < 1.29 is 4.79 Å². The zero-order valence-corrected chi connectivity index (χ0v) is 13.5. The molecule has 0 bridgehead atoms. The van der Waals surface area contributed by atoms with Gasteiger partial charge in [0.15, 0.2) is 5.13 Å². The van der Waals surface area contributed by atoms with Gasteiger partial charge < -0.3 is 0 Å². The number of carbonyl (C=O) groups excluding carboxylic acids is 1. The molecule has 0 aliphatic carbocycles. The van der Waals surface area contributed by atoms with E-state index in [0.717, 1.165) is 22.0 Å². The maximum absolute atomic E-state index is 12.6. The Balaban J connectivity index is 1.61. The molecule has 5 heteroatoms. The van der Waals surface area contributed by atoms with Crippen LogP contribution in [0.15, 0.2) is 72.4 Å². The topological polar surface area (TPSA) is 54.9 Å². The van der Waals surface area contributed by atoms with Gasteiger partial charge in [0.05, 0.1) is 5.69 Å². The third-order valence-electron chi connectivity index (χ3n) is 3.73. The van der Waals surface area contributed by atoms with Crippen LogP contribution in [0.4, 0.5) is 5.13 Å².